The van der Waals surface area contributed by atoms with Gasteiger partial charge in [-0.1, -0.05) is 26.8 Å². The topological polar surface area (TPSA) is 17.1 Å². The van der Waals surface area contributed by atoms with Crippen molar-refractivity contribution in [3.05, 3.63) is 11.6 Å². The number of carbonyl (C=O) groups is 1. The summed E-state index contributed by atoms with van der Waals surface area (Å²) in [6, 6.07) is 0. The van der Waals surface area contributed by atoms with Gasteiger partial charge in [0.2, 0.25) is 0 Å². The fourth-order valence-corrected chi connectivity index (χ4v) is 1.46. The van der Waals surface area contributed by atoms with Crippen molar-refractivity contribution >= 4 is 6.29 Å². The Morgan fingerprint density at radius 2 is 2.00 bits per heavy atom. The Kier molecular flexibility index (Phi) is 4.84. The van der Waals surface area contributed by atoms with Crippen molar-refractivity contribution in [2.45, 2.75) is 34.1 Å². The second-order valence-corrected chi connectivity index (χ2v) is 3.17. The lowest BCUT2D eigenvalue weighted by Crippen LogP contribution is -2.11. The molecule has 0 saturated heterocycles. The molecule has 0 aromatic carbocycles. The van der Waals surface area contributed by atoms with Gasteiger partial charge < -0.3 is 0 Å². The van der Waals surface area contributed by atoms with Gasteiger partial charge in [0.1, 0.15) is 6.29 Å². The molecule has 1 atom stereocenters. The summed E-state index contributed by atoms with van der Waals surface area (Å²) in [5.74, 6) is 1.01. The third kappa shape index (κ3) is 2.87. The number of aldehydes is 1. The highest BCUT2D eigenvalue weighted by atomic mass is 16.1. The summed E-state index contributed by atoms with van der Waals surface area (Å²) < 4.78 is 0. The molecule has 0 fully saturated rings. The van der Waals surface area contributed by atoms with Gasteiger partial charge in [0.05, 0.1) is 0 Å². The summed E-state index contributed by atoms with van der Waals surface area (Å²) in [5, 5.41) is 0. The van der Waals surface area contributed by atoms with Gasteiger partial charge in [-0.15, -0.1) is 0 Å². The largest absolute Gasteiger partial charge is 0.298 e. The van der Waals surface area contributed by atoms with E-state index >= 15 is 0 Å². The van der Waals surface area contributed by atoms with E-state index in [1.54, 1.807) is 0 Å². The third-order valence-corrected chi connectivity index (χ3v) is 2.14. The second kappa shape index (κ2) is 5.11. The van der Waals surface area contributed by atoms with E-state index in [1.165, 1.54) is 0 Å². The Labute approximate surface area is 69.5 Å². The molecule has 0 spiro atoms. The molecule has 0 aliphatic carbocycles. The lowest BCUT2D eigenvalue weighted by atomic mass is 9.86. The van der Waals surface area contributed by atoms with E-state index in [1.807, 2.05) is 13.0 Å². The molecule has 0 aliphatic heterocycles. The van der Waals surface area contributed by atoms with Crippen LogP contribution in [0, 0.1) is 11.8 Å². The number of hydrogen-bond acceptors (Lipinski definition) is 1. The Morgan fingerprint density at radius 1 is 1.45 bits per heavy atom. The van der Waals surface area contributed by atoms with Gasteiger partial charge in [-0.3, -0.25) is 4.79 Å². The zero-order valence-corrected chi connectivity index (χ0v) is 7.92. The van der Waals surface area contributed by atoms with Gasteiger partial charge in [-0.2, -0.15) is 0 Å². The van der Waals surface area contributed by atoms with Crippen LogP contribution in [0.3, 0.4) is 0 Å². The van der Waals surface area contributed by atoms with Crippen LogP contribution < -0.4 is 0 Å². The first-order chi connectivity index (χ1) is 5.17. The minimum atomic E-state index is 0.442. The highest BCUT2D eigenvalue weighted by Crippen LogP contribution is 2.21. The van der Waals surface area contributed by atoms with Gasteiger partial charge in [0.15, 0.2) is 0 Å². The number of hydrogen-bond donors (Lipinski definition) is 0. The van der Waals surface area contributed by atoms with Crippen molar-refractivity contribution in [2.75, 3.05) is 0 Å². The van der Waals surface area contributed by atoms with E-state index in [0.717, 1.165) is 18.3 Å². The normalized spacial score (nSPS) is 15.2. The molecule has 1 heteroatoms. The fraction of sp³-hybridized carbons (Fsp3) is 0.700. The smallest absolute Gasteiger partial charge is 0.145 e. The Hall–Kier alpha value is -0.590. The van der Waals surface area contributed by atoms with Crippen LogP contribution in [0.2, 0.25) is 0 Å². The lowest BCUT2D eigenvalue weighted by Gasteiger charge is -2.18. The summed E-state index contributed by atoms with van der Waals surface area (Å²) in [5.41, 5.74) is 0.947. The van der Waals surface area contributed by atoms with Crippen LogP contribution in [0.1, 0.15) is 34.1 Å². The first-order valence-electron chi connectivity index (χ1n) is 4.28. The van der Waals surface area contributed by atoms with Crippen LogP contribution in [0.4, 0.5) is 0 Å². The SMILES string of the molecule is C/C=C(/C=O)C(CC)C(C)C. The Balaban J connectivity index is 4.34. The van der Waals surface area contributed by atoms with Crippen molar-refractivity contribution in [2.24, 2.45) is 11.8 Å². The minimum Gasteiger partial charge on any atom is -0.298 e. The summed E-state index contributed by atoms with van der Waals surface area (Å²) >= 11 is 0. The average Bonchev–Trinajstić information content (AvgIpc) is 1.99. The van der Waals surface area contributed by atoms with Crippen molar-refractivity contribution in [1.82, 2.24) is 0 Å². The quantitative estimate of drug-likeness (QED) is 0.449. The molecule has 1 unspecified atom stereocenters. The molecular formula is C10H18O. The van der Waals surface area contributed by atoms with E-state index in [2.05, 4.69) is 20.8 Å². The molecule has 1 nitrogen and oxygen atoms in total. The fourth-order valence-electron chi connectivity index (χ4n) is 1.46. The van der Waals surface area contributed by atoms with E-state index < -0.39 is 0 Å². The molecule has 0 aromatic rings. The Morgan fingerprint density at radius 3 is 2.09 bits per heavy atom. The van der Waals surface area contributed by atoms with Crippen LogP contribution in [0.5, 0.6) is 0 Å². The summed E-state index contributed by atoms with van der Waals surface area (Å²) in [6.07, 6.45) is 3.95. The molecule has 0 amide bonds. The summed E-state index contributed by atoms with van der Waals surface area (Å²) in [6.45, 7) is 8.36. The van der Waals surface area contributed by atoms with Crippen LogP contribution in [0.15, 0.2) is 11.6 Å². The van der Waals surface area contributed by atoms with E-state index in [0.29, 0.717) is 11.8 Å². The molecule has 0 saturated carbocycles. The second-order valence-electron chi connectivity index (χ2n) is 3.17. The highest BCUT2D eigenvalue weighted by molar-refractivity contribution is 5.73. The van der Waals surface area contributed by atoms with E-state index in [-0.39, 0.29) is 0 Å². The standard InChI is InChI=1S/C10H18O/c1-5-9(7-11)10(6-2)8(3)4/h5,7-8,10H,6H2,1-4H3/b9-5-. The third-order valence-electron chi connectivity index (χ3n) is 2.14. The van der Waals surface area contributed by atoms with E-state index in [4.69, 9.17) is 0 Å². The zero-order valence-electron chi connectivity index (χ0n) is 7.92. The van der Waals surface area contributed by atoms with Crippen LogP contribution in [0.25, 0.3) is 0 Å². The zero-order chi connectivity index (χ0) is 8.85. The number of carbonyl (C=O) groups excluding carboxylic acids is 1. The Bertz CT molecular complexity index is 145. The summed E-state index contributed by atoms with van der Waals surface area (Å²) in [7, 11) is 0. The van der Waals surface area contributed by atoms with E-state index in [9.17, 15) is 4.79 Å². The molecule has 0 aliphatic rings. The van der Waals surface area contributed by atoms with Gasteiger partial charge in [-0.05, 0) is 30.8 Å². The minimum absolute atomic E-state index is 0.442. The lowest BCUT2D eigenvalue weighted by molar-refractivity contribution is -0.105. The van der Waals surface area contributed by atoms with Crippen LogP contribution in [-0.4, -0.2) is 6.29 Å². The molecule has 11 heavy (non-hydrogen) atoms. The van der Waals surface area contributed by atoms with Gasteiger partial charge in [0.25, 0.3) is 0 Å². The van der Waals surface area contributed by atoms with Crippen molar-refractivity contribution < 1.29 is 4.79 Å². The van der Waals surface area contributed by atoms with Crippen LogP contribution >= 0.6 is 0 Å². The highest BCUT2D eigenvalue weighted by Gasteiger charge is 2.14. The first kappa shape index (κ1) is 10.4. The van der Waals surface area contributed by atoms with Crippen LogP contribution in [-0.2, 0) is 4.79 Å². The first-order valence-corrected chi connectivity index (χ1v) is 4.28. The molecule has 0 aromatic heterocycles. The number of rotatable bonds is 4. The van der Waals surface area contributed by atoms with Gasteiger partial charge in [0, 0.05) is 0 Å². The van der Waals surface area contributed by atoms with Crippen molar-refractivity contribution in [3.63, 3.8) is 0 Å². The average molecular weight is 154 g/mol. The van der Waals surface area contributed by atoms with Gasteiger partial charge >= 0.3 is 0 Å². The molecule has 0 N–H and O–H groups in total. The molecule has 0 heterocycles. The summed E-state index contributed by atoms with van der Waals surface area (Å²) in [4.78, 5) is 10.6. The maximum atomic E-state index is 10.6. The molecule has 0 radical (unpaired) electrons. The van der Waals surface area contributed by atoms with Gasteiger partial charge in [-0.25, -0.2) is 0 Å². The molecule has 0 bridgehead atoms. The number of allylic oxidation sites excluding steroid dienone is 2. The maximum absolute atomic E-state index is 10.6. The predicted molar refractivity (Wildman–Crippen MR) is 48.4 cm³/mol. The van der Waals surface area contributed by atoms with Crippen molar-refractivity contribution in [1.29, 1.82) is 0 Å². The molecule has 0 rings (SSSR count). The molecule has 64 valence electrons. The maximum Gasteiger partial charge on any atom is 0.145 e. The molecular weight excluding hydrogens is 136 g/mol. The monoisotopic (exact) mass is 154 g/mol. The predicted octanol–water partition coefficient (Wildman–Crippen LogP) is 2.81. The van der Waals surface area contributed by atoms with Crippen molar-refractivity contribution in [3.8, 4) is 0 Å².